The van der Waals surface area contributed by atoms with Crippen LogP contribution in [0.3, 0.4) is 0 Å². The SMILES string of the molecule is N#Cc1cc(Cl)ccc1Oc1cccc(I)c1. The Labute approximate surface area is 118 Å². The highest BCUT2D eigenvalue weighted by Gasteiger charge is 2.05. The fourth-order valence-electron chi connectivity index (χ4n) is 1.34. The molecular weight excluding hydrogens is 349 g/mol. The number of nitrogens with zero attached hydrogens (tertiary/aromatic N) is 1. The number of nitriles is 1. The Morgan fingerprint density at radius 1 is 1.18 bits per heavy atom. The first-order valence-electron chi connectivity index (χ1n) is 4.82. The minimum absolute atomic E-state index is 0.427. The zero-order chi connectivity index (χ0) is 12.3. The highest BCUT2D eigenvalue weighted by Crippen LogP contribution is 2.28. The third-order valence-corrected chi connectivity index (χ3v) is 2.99. The van der Waals surface area contributed by atoms with Gasteiger partial charge in [0.2, 0.25) is 0 Å². The predicted molar refractivity (Wildman–Crippen MR) is 75.4 cm³/mol. The van der Waals surface area contributed by atoms with Gasteiger partial charge in [-0.2, -0.15) is 5.26 Å². The summed E-state index contributed by atoms with van der Waals surface area (Å²) in [4.78, 5) is 0. The van der Waals surface area contributed by atoms with Crippen molar-refractivity contribution in [3.8, 4) is 17.6 Å². The Kier molecular flexibility index (Phi) is 3.87. The molecule has 0 heterocycles. The molecule has 0 saturated carbocycles. The lowest BCUT2D eigenvalue weighted by Gasteiger charge is -2.07. The Bertz CT molecular complexity index is 592. The Morgan fingerprint density at radius 3 is 2.71 bits per heavy atom. The second kappa shape index (κ2) is 5.39. The van der Waals surface area contributed by atoms with E-state index in [1.54, 1.807) is 18.2 Å². The first-order valence-corrected chi connectivity index (χ1v) is 6.28. The molecule has 0 aliphatic carbocycles. The molecule has 2 nitrogen and oxygen atoms in total. The van der Waals surface area contributed by atoms with Gasteiger partial charge in [-0.3, -0.25) is 0 Å². The van der Waals surface area contributed by atoms with Crippen molar-refractivity contribution in [3.05, 3.63) is 56.6 Å². The lowest BCUT2D eigenvalue weighted by atomic mass is 10.2. The molecule has 0 bridgehead atoms. The smallest absolute Gasteiger partial charge is 0.145 e. The van der Waals surface area contributed by atoms with Crippen LogP contribution in [0.25, 0.3) is 0 Å². The summed E-state index contributed by atoms with van der Waals surface area (Å²) in [7, 11) is 0. The third-order valence-electron chi connectivity index (χ3n) is 2.09. The molecule has 0 aliphatic rings. The van der Waals surface area contributed by atoms with Crippen LogP contribution in [0.2, 0.25) is 5.02 Å². The molecule has 0 fully saturated rings. The van der Waals surface area contributed by atoms with Crippen molar-refractivity contribution in [2.75, 3.05) is 0 Å². The van der Waals surface area contributed by atoms with Crippen LogP contribution in [0.15, 0.2) is 42.5 Å². The van der Waals surface area contributed by atoms with Gasteiger partial charge < -0.3 is 4.74 Å². The second-order valence-electron chi connectivity index (χ2n) is 3.31. The van der Waals surface area contributed by atoms with Gasteiger partial charge >= 0.3 is 0 Å². The molecule has 84 valence electrons. The van der Waals surface area contributed by atoms with Crippen molar-refractivity contribution in [1.82, 2.24) is 0 Å². The molecule has 0 amide bonds. The van der Waals surface area contributed by atoms with Gasteiger partial charge in [-0.15, -0.1) is 0 Å². The van der Waals surface area contributed by atoms with Crippen molar-refractivity contribution < 1.29 is 4.74 Å². The van der Waals surface area contributed by atoms with Crippen LogP contribution in [0.5, 0.6) is 11.5 Å². The standard InChI is InChI=1S/C13H7ClINO/c14-10-4-5-13(9(6-10)8-16)17-12-3-1-2-11(15)7-12/h1-7H. The number of hydrogen-bond donors (Lipinski definition) is 0. The average Bonchev–Trinajstić information content (AvgIpc) is 2.31. The van der Waals surface area contributed by atoms with Crippen LogP contribution < -0.4 is 4.74 Å². The van der Waals surface area contributed by atoms with Crippen LogP contribution in [-0.4, -0.2) is 0 Å². The van der Waals surface area contributed by atoms with Crippen molar-refractivity contribution >= 4 is 34.2 Å². The first-order chi connectivity index (χ1) is 8.19. The monoisotopic (exact) mass is 355 g/mol. The number of ether oxygens (including phenoxy) is 1. The lowest BCUT2D eigenvalue weighted by Crippen LogP contribution is -1.88. The zero-order valence-electron chi connectivity index (χ0n) is 8.65. The van der Waals surface area contributed by atoms with Gasteiger partial charge in [0.1, 0.15) is 17.6 Å². The van der Waals surface area contributed by atoms with Gasteiger partial charge in [0.05, 0.1) is 5.56 Å². The van der Waals surface area contributed by atoms with Gasteiger partial charge in [-0.05, 0) is 59.0 Å². The van der Waals surface area contributed by atoms with Crippen LogP contribution in [0.4, 0.5) is 0 Å². The van der Waals surface area contributed by atoms with Crippen molar-refractivity contribution in [2.45, 2.75) is 0 Å². The topological polar surface area (TPSA) is 33.0 Å². The van der Waals surface area contributed by atoms with Gasteiger partial charge in [0.15, 0.2) is 0 Å². The molecule has 0 saturated heterocycles. The van der Waals surface area contributed by atoms with E-state index in [2.05, 4.69) is 28.7 Å². The van der Waals surface area contributed by atoms with Crippen LogP contribution in [0.1, 0.15) is 5.56 Å². The van der Waals surface area contributed by atoms with E-state index in [9.17, 15) is 0 Å². The maximum atomic E-state index is 8.99. The average molecular weight is 356 g/mol. The summed E-state index contributed by atoms with van der Waals surface area (Å²) in [5.41, 5.74) is 0.427. The highest BCUT2D eigenvalue weighted by molar-refractivity contribution is 14.1. The molecule has 0 atom stereocenters. The molecule has 0 unspecified atom stereocenters. The minimum Gasteiger partial charge on any atom is -0.456 e. The van der Waals surface area contributed by atoms with E-state index in [1.165, 1.54) is 0 Å². The quantitative estimate of drug-likeness (QED) is 0.737. The van der Waals surface area contributed by atoms with Crippen LogP contribution >= 0.6 is 34.2 Å². The predicted octanol–water partition coefficient (Wildman–Crippen LogP) is 4.61. The second-order valence-corrected chi connectivity index (χ2v) is 4.99. The molecule has 2 rings (SSSR count). The third kappa shape index (κ3) is 3.11. The van der Waals surface area contributed by atoms with Crippen molar-refractivity contribution in [1.29, 1.82) is 5.26 Å². The van der Waals surface area contributed by atoms with Crippen molar-refractivity contribution in [2.24, 2.45) is 0 Å². The zero-order valence-corrected chi connectivity index (χ0v) is 11.6. The highest BCUT2D eigenvalue weighted by atomic mass is 127. The van der Waals surface area contributed by atoms with E-state index in [0.717, 1.165) is 3.57 Å². The molecule has 17 heavy (non-hydrogen) atoms. The molecule has 0 spiro atoms. The number of hydrogen-bond acceptors (Lipinski definition) is 2. The van der Waals surface area contributed by atoms with E-state index in [4.69, 9.17) is 21.6 Å². The molecular formula is C13H7ClINO. The van der Waals surface area contributed by atoms with Crippen LogP contribution in [0, 0.1) is 14.9 Å². The molecule has 2 aromatic carbocycles. The summed E-state index contributed by atoms with van der Waals surface area (Å²) < 4.78 is 6.73. The molecule has 2 aromatic rings. The molecule has 0 N–H and O–H groups in total. The number of halogens is 2. The molecule has 4 heteroatoms. The number of rotatable bonds is 2. The molecule has 0 radical (unpaired) electrons. The van der Waals surface area contributed by atoms with Gasteiger partial charge in [-0.1, -0.05) is 17.7 Å². The van der Waals surface area contributed by atoms with E-state index in [1.807, 2.05) is 24.3 Å². The first kappa shape index (κ1) is 12.2. The lowest BCUT2D eigenvalue weighted by molar-refractivity contribution is 0.481. The van der Waals surface area contributed by atoms with Gasteiger partial charge in [-0.25, -0.2) is 0 Å². The Balaban J connectivity index is 2.34. The maximum Gasteiger partial charge on any atom is 0.145 e. The van der Waals surface area contributed by atoms with E-state index in [0.29, 0.717) is 22.1 Å². The summed E-state index contributed by atoms with van der Waals surface area (Å²) in [5, 5.41) is 9.51. The number of benzene rings is 2. The summed E-state index contributed by atoms with van der Waals surface area (Å²) in [6, 6.07) is 14.7. The Hall–Kier alpha value is -1.25. The Morgan fingerprint density at radius 2 is 2.00 bits per heavy atom. The van der Waals surface area contributed by atoms with Gasteiger partial charge in [0.25, 0.3) is 0 Å². The van der Waals surface area contributed by atoms with Gasteiger partial charge in [0, 0.05) is 8.59 Å². The summed E-state index contributed by atoms with van der Waals surface area (Å²) in [5.74, 6) is 1.22. The van der Waals surface area contributed by atoms with Crippen LogP contribution in [-0.2, 0) is 0 Å². The summed E-state index contributed by atoms with van der Waals surface area (Å²) in [6.45, 7) is 0. The van der Waals surface area contributed by atoms with E-state index >= 15 is 0 Å². The fraction of sp³-hybridized carbons (Fsp3) is 0. The molecule has 0 aromatic heterocycles. The largest absolute Gasteiger partial charge is 0.456 e. The summed E-state index contributed by atoms with van der Waals surface area (Å²) in [6.07, 6.45) is 0. The van der Waals surface area contributed by atoms with E-state index in [-0.39, 0.29) is 0 Å². The normalized spacial score (nSPS) is 9.71. The molecule has 0 aliphatic heterocycles. The minimum atomic E-state index is 0.427. The summed E-state index contributed by atoms with van der Waals surface area (Å²) >= 11 is 8.02. The fourth-order valence-corrected chi connectivity index (χ4v) is 2.02. The maximum absolute atomic E-state index is 8.99. The van der Waals surface area contributed by atoms with E-state index < -0.39 is 0 Å². The van der Waals surface area contributed by atoms with Crippen molar-refractivity contribution in [3.63, 3.8) is 0 Å².